The summed E-state index contributed by atoms with van der Waals surface area (Å²) in [6, 6.07) is 0. The number of ether oxygens (including phenoxy) is 2. The minimum absolute atomic E-state index is 0.0631. The SMILES string of the molecule is CC/C=C\C/C=C\C/C=C\C/C=C\C/C=C\CCCCCCCCCCCCCCCCCCCCCCCCCC(=O)OCC(CO)OC(=O)CCCCCCCCCCCCCCCCCCCCCCCCC/C=C\C/C=C\C/C=C\C/C=C\C/C=C\CC. The van der Waals surface area contributed by atoms with E-state index in [0.29, 0.717) is 12.8 Å². The number of aliphatic hydroxyl groups excluding tert-OH is 1. The molecular weight excluding hydrogens is 1120 g/mol. The lowest BCUT2D eigenvalue weighted by atomic mass is 10.0. The molecule has 0 heterocycles. The highest BCUT2D eigenvalue weighted by Gasteiger charge is 2.16. The number of hydrogen-bond donors (Lipinski definition) is 1. The smallest absolute Gasteiger partial charge is 0.306 e. The third-order valence-corrected chi connectivity index (χ3v) is 17.8. The zero-order valence-corrected chi connectivity index (χ0v) is 61.0. The summed E-state index contributed by atoms with van der Waals surface area (Å²) in [7, 11) is 0. The first-order chi connectivity index (χ1) is 45.6. The molecule has 0 aromatic heterocycles. The average Bonchev–Trinajstić information content (AvgIpc) is 3.75. The van der Waals surface area contributed by atoms with Crippen molar-refractivity contribution in [1.82, 2.24) is 0 Å². The van der Waals surface area contributed by atoms with Gasteiger partial charge in [0.2, 0.25) is 0 Å². The van der Waals surface area contributed by atoms with E-state index in [1.165, 1.54) is 270 Å². The zero-order valence-electron chi connectivity index (χ0n) is 61.0. The van der Waals surface area contributed by atoms with Crippen molar-refractivity contribution in [2.24, 2.45) is 0 Å². The monoisotopic (exact) mass is 1280 g/mol. The van der Waals surface area contributed by atoms with Crippen LogP contribution in [0.1, 0.15) is 399 Å². The molecule has 0 aromatic rings. The lowest BCUT2D eigenvalue weighted by molar-refractivity contribution is -0.161. The zero-order chi connectivity index (χ0) is 66.1. The fraction of sp³-hybridized carbons (Fsp3) is 0.747. The molecule has 0 saturated heterocycles. The molecular formula is C87H152O5. The van der Waals surface area contributed by atoms with Crippen LogP contribution in [0.3, 0.4) is 0 Å². The van der Waals surface area contributed by atoms with Gasteiger partial charge in [0.15, 0.2) is 6.10 Å². The van der Waals surface area contributed by atoms with E-state index < -0.39 is 6.10 Å². The summed E-state index contributed by atoms with van der Waals surface area (Å²) >= 11 is 0. The van der Waals surface area contributed by atoms with E-state index in [1.807, 2.05) is 0 Å². The Morgan fingerprint density at radius 1 is 0.250 bits per heavy atom. The molecule has 5 heteroatoms. The molecule has 0 amide bonds. The van der Waals surface area contributed by atoms with Gasteiger partial charge in [-0.15, -0.1) is 0 Å². The highest BCUT2D eigenvalue weighted by atomic mass is 16.6. The molecule has 0 bridgehead atoms. The van der Waals surface area contributed by atoms with Crippen molar-refractivity contribution >= 4 is 11.9 Å². The molecule has 0 saturated carbocycles. The van der Waals surface area contributed by atoms with Crippen molar-refractivity contribution in [3.05, 3.63) is 122 Å². The van der Waals surface area contributed by atoms with Gasteiger partial charge in [-0.25, -0.2) is 0 Å². The van der Waals surface area contributed by atoms with Crippen molar-refractivity contribution in [2.75, 3.05) is 13.2 Å². The Bertz CT molecular complexity index is 1790. The maximum absolute atomic E-state index is 12.4. The van der Waals surface area contributed by atoms with E-state index in [2.05, 4.69) is 135 Å². The fourth-order valence-electron chi connectivity index (χ4n) is 11.9. The van der Waals surface area contributed by atoms with Gasteiger partial charge in [0, 0.05) is 12.8 Å². The van der Waals surface area contributed by atoms with Crippen molar-refractivity contribution in [3.8, 4) is 0 Å². The highest BCUT2D eigenvalue weighted by Crippen LogP contribution is 2.19. The Balaban J connectivity index is 3.40. The predicted octanol–water partition coefficient (Wildman–Crippen LogP) is 28.4. The van der Waals surface area contributed by atoms with Crippen LogP contribution < -0.4 is 0 Å². The third kappa shape index (κ3) is 78.7. The lowest BCUT2D eigenvalue weighted by Gasteiger charge is -2.15. The van der Waals surface area contributed by atoms with Crippen LogP contribution >= 0.6 is 0 Å². The van der Waals surface area contributed by atoms with E-state index in [4.69, 9.17) is 9.47 Å². The first-order valence-corrected chi connectivity index (χ1v) is 40.1. The molecule has 0 aliphatic carbocycles. The Morgan fingerprint density at radius 3 is 0.652 bits per heavy atom. The van der Waals surface area contributed by atoms with Gasteiger partial charge in [-0.2, -0.15) is 0 Å². The van der Waals surface area contributed by atoms with Crippen molar-refractivity contribution in [1.29, 1.82) is 0 Å². The number of hydrogen-bond acceptors (Lipinski definition) is 5. The molecule has 530 valence electrons. The molecule has 1 atom stereocenters. The number of esters is 2. The van der Waals surface area contributed by atoms with Crippen LogP contribution in [0.4, 0.5) is 0 Å². The van der Waals surface area contributed by atoms with Crippen LogP contribution in [-0.4, -0.2) is 36.4 Å². The molecule has 1 N–H and O–H groups in total. The van der Waals surface area contributed by atoms with Crippen LogP contribution in [0.5, 0.6) is 0 Å². The highest BCUT2D eigenvalue weighted by molar-refractivity contribution is 5.70. The summed E-state index contributed by atoms with van der Waals surface area (Å²) in [5.41, 5.74) is 0. The van der Waals surface area contributed by atoms with Crippen molar-refractivity contribution in [2.45, 2.75) is 405 Å². The maximum Gasteiger partial charge on any atom is 0.306 e. The maximum atomic E-state index is 12.4. The molecule has 5 nitrogen and oxygen atoms in total. The van der Waals surface area contributed by atoms with E-state index >= 15 is 0 Å². The number of unbranched alkanes of at least 4 members (excludes halogenated alkanes) is 46. The number of aliphatic hydroxyl groups is 1. The second-order valence-corrected chi connectivity index (χ2v) is 26.7. The molecule has 0 aliphatic heterocycles. The number of carbonyl (C=O) groups is 2. The van der Waals surface area contributed by atoms with E-state index in [0.717, 1.165) is 103 Å². The largest absolute Gasteiger partial charge is 0.462 e. The van der Waals surface area contributed by atoms with E-state index in [1.54, 1.807) is 0 Å². The third-order valence-electron chi connectivity index (χ3n) is 17.8. The number of allylic oxidation sites excluding steroid dienone is 20. The van der Waals surface area contributed by atoms with Crippen LogP contribution in [0.15, 0.2) is 122 Å². The Morgan fingerprint density at radius 2 is 0.435 bits per heavy atom. The summed E-state index contributed by atoms with van der Waals surface area (Å²) in [4.78, 5) is 24.7. The molecule has 0 rings (SSSR count). The van der Waals surface area contributed by atoms with E-state index in [9.17, 15) is 14.7 Å². The van der Waals surface area contributed by atoms with Crippen LogP contribution in [0.25, 0.3) is 0 Å². The molecule has 1 unspecified atom stereocenters. The van der Waals surface area contributed by atoms with Gasteiger partial charge in [-0.3, -0.25) is 9.59 Å². The quantitative estimate of drug-likeness (QED) is 0.0373. The minimum atomic E-state index is -0.775. The molecule has 0 radical (unpaired) electrons. The summed E-state index contributed by atoms with van der Waals surface area (Å²) in [6.45, 7) is 3.96. The van der Waals surface area contributed by atoms with Gasteiger partial charge in [-0.1, -0.05) is 405 Å². The van der Waals surface area contributed by atoms with Crippen LogP contribution in [0.2, 0.25) is 0 Å². The summed E-state index contributed by atoms with van der Waals surface area (Å²) in [5.74, 6) is -0.570. The first kappa shape index (κ1) is 88.3. The summed E-state index contributed by atoms with van der Waals surface area (Å²) in [5, 5.41) is 9.73. The molecule has 92 heavy (non-hydrogen) atoms. The second kappa shape index (κ2) is 81.5. The normalized spacial score (nSPS) is 12.9. The van der Waals surface area contributed by atoms with Crippen LogP contribution in [0, 0.1) is 0 Å². The Hall–Kier alpha value is -3.70. The first-order valence-electron chi connectivity index (χ1n) is 40.1. The number of carbonyl (C=O) groups excluding carboxylic acids is 2. The minimum Gasteiger partial charge on any atom is -0.462 e. The standard InChI is InChI=1S/C87H152O5/c1-3-5-7-9-11-13-15-17-19-21-23-25-27-29-31-33-35-37-39-41-43-45-47-49-51-53-55-57-59-61-63-65-67-69-71-73-75-77-79-81-86(89)91-84-85(83-88)92-87(90)82-80-78-76-74-72-70-68-66-64-62-60-58-56-54-52-50-48-46-44-42-40-38-36-34-32-30-28-26-24-22-20-18-16-14-12-10-8-6-4-2/h5-8,11-14,17-20,23-26,29-32,85,88H,3-4,9-10,15-16,21-22,27-28,33-84H2,1-2H3/b7-5-,8-6-,13-11-,14-12-,19-17-,20-18-,25-23-,26-24-,31-29-,32-30-. The number of rotatable bonds is 74. The van der Waals surface area contributed by atoms with Gasteiger partial charge >= 0.3 is 11.9 Å². The van der Waals surface area contributed by atoms with Gasteiger partial charge < -0.3 is 14.6 Å². The van der Waals surface area contributed by atoms with Crippen LogP contribution in [-0.2, 0) is 19.1 Å². The van der Waals surface area contributed by atoms with Gasteiger partial charge in [-0.05, 0) is 103 Å². The average molecular weight is 1280 g/mol. The van der Waals surface area contributed by atoms with E-state index in [-0.39, 0.29) is 25.2 Å². The topological polar surface area (TPSA) is 72.8 Å². The fourth-order valence-corrected chi connectivity index (χ4v) is 11.9. The summed E-state index contributed by atoms with van der Waals surface area (Å²) < 4.78 is 10.8. The van der Waals surface area contributed by atoms with Gasteiger partial charge in [0.1, 0.15) is 6.61 Å². The van der Waals surface area contributed by atoms with Gasteiger partial charge in [0.25, 0.3) is 0 Å². The Labute approximate surface area is 573 Å². The molecule has 0 fully saturated rings. The Kier molecular flexibility index (Phi) is 78.3. The molecule has 0 spiro atoms. The van der Waals surface area contributed by atoms with Crippen molar-refractivity contribution in [3.63, 3.8) is 0 Å². The summed E-state index contributed by atoms with van der Waals surface area (Å²) in [6.07, 6.45) is 120. The lowest BCUT2D eigenvalue weighted by Crippen LogP contribution is -2.28. The molecule has 0 aromatic carbocycles. The van der Waals surface area contributed by atoms with Gasteiger partial charge in [0.05, 0.1) is 6.61 Å². The molecule has 0 aliphatic rings. The second-order valence-electron chi connectivity index (χ2n) is 26.7. The predicted molar refractivity (Wildman–Crippen MR) is 408 cm³/mol. The van der Waals surface area contributed by atoms with Crippen molar-refractivity contribution < 1.29 is 24.2 Å².